The molecule has 0 bridgehead atoms. The van der Waals surface area contributed by atoms with Crippen LogP contribution < -0.4 is 5.32 Å². The first-order valence-electron chi connectivity index (χ1n) is 4.58. The van der Waals surface area contributed by atoms with Gasteiger partial charge in [0.15, 0.2) is 11.4 Å². The molecule has 3 nitrogen and oxygen atoms in total. The van der Waals surface area contributed by atoms with E-state index in [9.17, 15) is 0 Å². The second-order valence-electron chi connectivity index (χ2n) is 3.23. The van der Waals surface area contributed by atoms with Gasteiger partial charge < -0.3 is 0 Å². The number of nitrogens with one attached hydrogen (secondary N) is 1. The van der Waals surface area contributed by atoms with E-state index < -0.39 is 0 Å². The van der Waals surface area contributed by atoms with Crippen LogP contribution in [0.3, 0.4) is 0 Å². The van der Waals surface area contributed by atoms with Crippen LogP contribution in [0.5, 0.6) is 0 Å². The van der Waals surface area contributed by atoms with Crippen LogP contribution in [0.1, 0.15) is 26.2 Å². The van der Waals surface area contributed by atoms with E-state index in [0.29, 0.717) is 6.04 Å². The van der Waals surface area contributed by atoms with Gasteiger partial charge in [0.1, 0.15) is 0 Å². The molecular weight excluding hydrogens is 182 g/mol. The van der Waals surface area contributed by atoms with Crippen LogP contribution in [0.2, 0.25) is 0 Å². The summed E-state index contributed by atoms with van der Waals surface area (Å²) < 4.78 is 0. The highest BCUT2D eigenvalue weighted by atomic mass is 32.2. The number of hydrogen-bond acceptors (Lipinski definition) is 3. The van der Waals surface area contributed by atoms with Gasteiger partial charge in [-0.15, -0.1) is 0 Å². The first kappa shape index (κ1) is 10.4. The molecule has 4 heteroatoms. The average Bonchev–Trinajstić information content (AvgIpc) is 2.84. The lowest BCUT2D eigenvalue weighted by Crippen LogP contribution is -2.14. The van der Waals surface area contributed by atoms with Crippen LogP contribution in [0.25, 0.3) is 0 Å². The summed E-state index contributed by atoms with van der Waals surface area (Å²) in [5, 5.41) is 11.8. The predicted molar refractivity (Wildman–Crippen MR) is 56.5 cm³/mol. The van der Waals surface area contributed by atoms with Crippen molar-refractivity contribution in [2.24, 2.45) is 10.9 Å². The van der Waals surface area contributed by atoms with Gasteiger partial charge in [-0.2, -0.15) is 5.26 Å². The summed E-state index contributed by atoms with van der Waals surface area (Å²) in [5.74, 6) is 0.771. The maximum atomic E-state index is 8.42. The Bertz CT molecular complexity index is 232. The lowest BCUT2D eigenvalue weighted by molar-refractivity contribution is 0.684. The third-order valence-corrected chi connectivity index (χ3v) is 2.78. The van der Waals surface area contributed by atoms with Gasteiger partial charge in [0.2, 0.25) is 0 Å². The third kappa shape index (κ3) is 3.27. The van der Waals surface area contributed by atoms with Crippen LogP contribution in [0, 0.1) is 17.4 Å². The maximum Gasteiger partial charge on any atom is 0.183 e. The molecule has 0 aliphatic heterocycles. The van der Waals surface area contributed by atoms with Gasteiger partial charge in [0, 0.05) is 0 Å². The molecule has 0 amide bonds. The van der Waals surface area contributed by atoms with Crippen molar-refractivity contribution in [3.05, 3.63) is 0 Å². The second-order valence-corrected chi connectivity index (χ2v) is 4.02. The summed E-state index contributed by atoms with van der Waals surface area (Å²) in [6, 6.07) is 0.475. The van der Waals surface area contributed by atoms with E-state index in [1.165, 1.54) is 31.0 Å². The second kappa shape index (κ2) is 5.13. The summed E-state index contributed by atoms with van der Waals surface area (Å²) in [7, 11) is 0. The fourth-order valence-electron chi connectivity index (χ4n) is 1.41. The van der Waals surface area contributed by atoms with Crippen molar-refractivity contribution in [3.63, 3.8) is 0 Å². The summed E-state index contributed by atoms with van der Waals surface area (Å²) in [6.07, 6.45) is 7.53. The number of rotatable bonds is 3. The van der Waals surface area contributed by atoms with Gasteiger partial charge >= 0.3 is 0 Å². The van der Waals surface area contributed by atoms with Gasteiger partial charge in [0.05, 0.1) is 6.04 Å². The van der Waals surface area contributed by atoms with Crippen molar-refractivity contribution in [3.8, 4) is 6.19 Å². The van der Waals surface area contributed by atoms with Gasteiger partial charge in [-0.25, -0.2) is 0 Å². The van der Waals surface area contributed by atoms with E-state index in [4.69, 9.17) is 5.26 Å². The molecule has 0 spiro atoms. The van der Waals surface area contributed by atoms with Gasteiger partial charge in [-0.05, 0) is 25.0 Å². The van der Waals surface area contributed by atoms with Crippen LogP contribution in [0.4, 0.5) is 0 Å². The predicted octanol–water partition coefficient (Wildman–Crippen LogP) is 1.96. The van der Waals surface area contributed by atoms with Crippen LogP contribution in [-0.4, -0.2) is 17.5 Å². The zero-order chi connectivity index (χ0) is 9.68. The molecule has 0 saturated heterocycles. The summed E-state index contributed by atoms with van der Waals surface area (Å²) >= 11 is 1.50. The molecule has 1 saturated carbocycles. The van der Waals surface area contributed by atoms with Gasteiger partial charge in [-0.1, -0.05) is 25.1 Å². The molecule has 1 N–H and O–H groups in total. The maximum absolute atomic E-state index is 8.42. The van der Waals surface area contributed by atoms with E-state index in [1.54, 1.807) is 0 Å². The Hall–Kier alpha value is -0.690. The molecule has 1 fully saturated rings. The molecule has 72 valence electrons. The zero-order valence-corrected chi connectivity index (χ0v) is 8.90. The molecule has 1 aliphatic rings. The normalized spacial score (nSPS) is 26.7. The molecule has 1 aliphatic carbocycles. The molecule has 0 heterocycles. The molecule has 0 aromatic heterocycles. The van der Waals surface area contributed by atoms with Crippen molar-refractivity contribution >= 4 is 16.9 Å². The van der Waals surface area contributed by atoms with Crippen molar-refractivity contribution in [1.82, 2.24) is 5.32 Å². The number of hydrogen-bond donors (Lipinski definition) is 1. The van der Waals surface area contributed by atoms with Gasteiger partial charge in [0.25, 0.3) is 0 Å². The Labute approximate surface area is 83.6 Å². The quantitative estimate of drug-likeness (QED) is 0.326. The first-order chi connectivity index (χ1) is 6.31. The SMILES string of the molecule is CCCC1CC1N=C(NC#N)SC. The van der Waals surface area contributed by atoms with Gasteiger partial charge in [-0.3, -0.25) is 10.3 Å². The van der Waals surface area contributed by atoms with E-state index in [2.05, 4.69) is 17.2 Å². The minimum Gasteiger partial charge on any atom is -0.272 e. The lowest BCUT2D eigenvalue weighted by atomic mass is 10.2. The molecule has 0 radical (unpaired) electrons. The van der Waals surface area contributed by atoms with Crippen molar-refractivity contribution in [1.29, 1.82) is 5.26 Å². The molecular formula is C9H15N3S. The van der Waals surface area contributed by atoms with E-state index in [0.717, 1.165) is 11.1 Å². The zero-order valence-electron chi connectivity index (χ0n) is 8.08. The topological polar surface area (TPSA) is 48.2 Å². The number of aliphatic imine (C=N–C) groups is 1. The number of nitriles is 1. The Morgan fingerprint density at radius 1 is 1.77 bits per heavy atom. The summed E-state index contributed by atoms with van der Waals surface area (Å²) in [6.45, 7) is 2.20. The third-order valence-electron chi connectivity index (χ3n) is 2.18. The molecule has 13 heavy (non-hydrogen) atoms. The fourth-order valence-corrected chi connectivity index (χ4v) is 1.79. The van der Waals surface area contributed by atoms with E-state index >= 15 is 0 Å². The molecule has 2 atom stereocenters. The Morgan fingerprint density at radius 3 is 3.08 bits per heavy atom. The number of nitrogens with zero attached hydrogens (tertiary/aromatic N) is 2. The van der Waals surface area contributed by atoms with Crippen molar-refractivity contribution in [2.45, 2.75) is 32.2 Å². The lowest BCUT2D eigenvalue weighted by Gasteiger charge is -1.98. The standard InChI is InChI=1S/C9H15N3S/c1-3-4-7-5-8(7)12-9(13-2)11-6-10/h7-8H,3-5H2,1-2H3,(H,11,12). The van der Waals surface area contributed by atoms with Crippen LogP contribution in [0.15, 0.2) is 4.99 Å². The summed E-state index contributed by atoms with van der Waals surface area (Å²) in [4.78, 5) is 4.44. The minimum absolute atomic E-state index is 0.475. The van der Waals surface area contributed by atoms with Crippen LogP contribution >= 0.6 is 11.8 Å². The largest absolute Gasteiger partial charge is 0.272 e. The first-order valence-corrected chi connectivity index (χ1v) is 5.81. The highest BCUT2D eigenvalue weighted by molar-refractivity contribution is 8.13. The number of thioether (sulfide) groups is 1. The molecule has 0 aromatic rings. The Balaban J connectivity index is 2.34. The monoisotopic (exact) mass is 197 g/mol. The summed E-state index contributed by atoms with van der Waals surface area (Å²) in [5.41, 5.74) is 0. The number of amidine groups is 1. The smallest absolute Gasteiger partial charge is 0.183 e. The fraction of sp³-hybridized carbons (Fsp3) is 0.778. The van der Waals surface area contributed by atoms with Crippen molar-refractivity contribution in [2.75, 3.05) is 6.26 Å². The molecule has 2 unspecified atom stereocenters. The van der Waals surface area contributed by atoms with Crippen molar-refractivity contribution < 1.29 is 0 Å². The highest BCUT2D eigenvalue weighted by Crippen LogP contribution is 2.37. The molecule has 0 aromatic carbocycles. The highest BCUT2D eigenvalue weighted by Gasteiger charge is 2.36. The van der Waals surface area contributed by atoms with Crippen LogP contribution in [-0.2, 0) is 0 Å². The Kier molecular flexibility index (Phi) is 4.10. The minimum atomic E-state index is 0.475. The van der Waals surface area contributed by atoms with E-state index in [1.807, 2.05) is 12.4 Å². The molecule has 1 rings (SSSR count). The Morgan fingerprint density at radius 2 is 2.54 bits per heavy atom. The van der Waals surface area contributed by atoms with E-state index in [-0.39, 0.29) is 0 Å². The average molecular weight is 197 g/mol.